The first-order chi connectivity index (χ1) is 10.4. The Kier molecular flexibility index (Phi) is 4.69. The lowest BCUT2D eigenvalue weighted by molar-refractivity contribution is 0.461. The monoisotopic (exact) mass is 280 g/mol. The van der Waals surface area contributed by atoms with E-state index in [2.05, 4.69) is 72.2 Å². The molecule has 110 valence electrons. The van der Waals surface area contributed by atoms with Crippen LogP contribution < -0.4 is 10.6 Å². The van der Waals surface area contributed by atoms with Gasteiger partial charge in [0.2, 0.25) is 0 Å². The second-order valence-electron chi connectivity index (χ2n) is 5.79. The summed E-state index contributed by atoms with van der Waals surface area (Å²) in [5.74, 6) is 0. The number of benzene rings is 2. The van der Waals surface area contributed by atoms with Gasteiger partial charge in [0.15, 0.2) is 0 Å². The normalized spacial score (nSPS) is 21.6. The summed E-state index contributed by atoms with van der Waals surface area (Å²) in [7, 11) is 0. The van der Waals surface area contributed by atoms with Gasteiger partial charge in [0.25, 0.3) is 0 Å². The minimum Gasteiger partial charge on any atom is -0.309 e. The van der Waals surface area contributed by atoms with Gasteiger partial charge < -0.3 is 10.6 Å². The highest BCUT2D eigenvalue weighted by Gasteiger charge is 2.27. The number of hydrogen-bond donors (Lipinski definition) is 2. The zero-order chi connectivity index (χ0) is 14.5. The highest BCUT2D eigenvalue weighted by molar-refractivity contribution is 5.24. The maximum atomic E-state index is 3.72. The molecule has 1 fully saturated rings. The topological polar surface area (TPSA) is 24.1 Å². The van der Waals surface area contributed by atoms with Gasteiger partial charge in [-0.2, -0.15) is 0 Å². The first-order valence-corrected chi connectivity index (χ1v) is 7.96. The summed E-state index contributed by atoms with van der Waals surface area (Å²) in [5.41, 5.74) is 4.16. The molecule has 0 bridgehead atoms. The van der Waals surface area contributed by atoms with Gasteiger partial charge in [0.1, 0.15) is 0 Å². The fraction of sp³-hybridized carbons (Fsp3) is 0.368. The molecule has 0 saturated carbocycles. The molecule has 3 rings (SSSR count). The first-order valence-electron chi connectivity index (χ1n) is 7.96. The molecule has 1 saturated heterocycles. The summed E-state index contributed by atoms with van der Waals surface area (Å²) in [4.78, 5) is 0. The van der Waals surface area contributed by atoms with E-state index in [0.29, 0.717) is 12.1 Å². The maximum absolute atomic E-state index is 3.72. The van der Waals surface area contributed by atoms with Crippen LogP contribution in [0.2, 0.25) is 0 Å². The van der Waals surface area contributed by atoms with Gasteiger partial charge in [-0.25, -0.2) is 0 Å². The van der Waals surface area contributed by atoms with Crippen LogP contribution in [0.3, 0.4) is 0 Å². The zero-order valence-corrected chi connectivity index (χ0v) is 12.7. The zero-order valence-electron chi connectivity index (χ0n) is 12.7. The van der Waals surface area contributed by atoms with Crippen LogP contribution in [0, 0.1) is 0 Å². The van der Waals surface area contributed by atoms with Crippen molar-refractivity contribution in [2.45, 2.75) is 38.4 Å². The van der Waals surface area contributed by atoms with Crippen LogP contribution in [0.15, 0.2) is 54.6 Å². The van der Waals surface area contributed by atoms with Gasteiger partial charge in [0.05, 0.1) is 0 Å². The van der Waals surface area contributed by atoms with E-state index in [1.807, 2.05) is 0 Å². The minimum atomic E-state index is 0.432. The van der Waals surface area contributed by atoms with Crippen LogP contribution in [-0.2, 0) is 13.0 Å². The largest absolute Gasteiger partial charge is 0.309 e. The van der Waals surface area contributed by atoms with E-state index < -0.39 is 0 Å². The van der Waals surface area contributed by atoms with E-state index in [-0.39, 0.29) is 0 Å². The van der Waals surface area contributed by atoms with Crippen molar-refractivity contribution >= 4 is 0 Å². The standard InChI is InChI=1S/C19H24N2/c1-2-15-8-10-16(11-9-15)14-21-18-12-13-20-19(18)17-6-4-3-5-7-17/h3-11,18-21H,2,12-14H2,1H3. The third-order valence-corrected chi connectivity index (χ3v) is 4.38. The molecule has 2 unspecified atom stereocenters. The number of aryl methyl sites for hydroxylation is 1. The second kappa shape index (κ2) is 6.88. The van der Waals surface area contributed by atoms with Crippen LogP contribution in [0.25, 0.3) is 0 Å². The summed E-state index contributed by atoms with van der Waals surface area (Å²) >= 11 is 0. The molecule has 2 N–H and O–H groups in total. The van der Waals surface area contributed by atoms with Crippen molar-refractivity contribution in [2.75, 3.05) is 6.54 Å². The molecule has 0 aliphatic carbocycles. The van der Waals surface area contributed by atoms with E-state index >= 15 is 0 Å². The summed E-state index contributed by atoms with van der Waals surface area (Å²) in [5, 5.41) is 7.34. The number of hydrogen-bond acceptors (Lipinski definition) is 2. The lowest BCUT2D eigenvalue weighted by Gasteiger charge is -2.21. The van der Waals surface area contributed by atoms with Crippen molar-refractivity contribution in [3.05, 3.63) is 71.3 Å². The van der Waals surface area contributed by atoms with Crippen molar-refractivity contribution in [3.63, 3.8) is 0 Å². The van der Waals surface area contributed by atoms with Crippen LogP contribution in [0.5, 0.6) is 0 Å². The average molecular weight is 280 g/mol. The van der Waals surface area contributed by atoms with Crippen LogP contribution >= 0.6 is 0 Å². The van der Waals surface area contributed by atoms with Crippen LogP contribution in [0.1, 0.15) is 36.1 Å². The van der Waals surface area contributed by atoms with Crippen molar-refractivity contribution in [1.82, 2.24) is 10.6 Å². The van der Waals surface area contributed by atoms with Gasteiger partial charge in [-0.15, -0.1) is 0 Å². The summed E-state index contributed by atoms with van der Waals surface area (Å²) < 4.78 is 0. The Balaban J connectivity index is 1.61. The molecule has 2 atom stereocenters. The maximum Gasteiger partial charge on any atom is 0.0476 e. The predicted octanol–water partition coefficient (Wildman–Crippen LogP) is 3.44. The molecule has 21 heavy (non-hydrogen) atoms. The lowest BCUT2D eigenvalue weighted by Crippen LogP contribution is -2.33. The third-order valence-electron chi connectivity index (χ3n) is 4.38. The Bertz CT molecular complexity index is 548. The quantitative estimate of drug-likeness (QED) is 0.876. The molecule has 2 nitrogen and oxygen atoms in total. The Labute approximate surface area is 127 Å². The molecule has 0 aromatic heterocycles. The Morgan fingerprint density at radius 1 is 1.00 bits per heavy atom. The van der Waals surface area contributed by atoms with E-state index in [4.69, 9.17) is 0 Å². The second-order valence-corrected chi connectivity index (χ2v) is 5.79. The predicted molar refractivity (Wildman–Crippen MR) is 88.3 cm³/mol. The third kappa shape index (κ3) is 3.52. The van der Waals surface area contributed by atoms with Crippen LogP contribution in [-0.4, -0.2) is 12.6 Å². The average Bonchev–Trinajstić information content (AvgIpc) is 3.03. The molecule has 0 radical (unpaired) electrons. The smallest absolute Gasteiger partial charge is 0.0476 e. The Hall–Kier alpha value is -1.64. The Morgan fingerprint density at radius 2 is 1.71 bits per heavy atom. The molecule has 2 aromatic rings. The Morgan fingerprint density at radius 3 is 2.43 bits per heavy atom. The molecule has 1 heterocycles. The van der Waals surface area contributed by atoms with Gasteiger partial charge >= 0.3 is 0 Å². The first kappa shape index (κ1) is 14.3. The highest BCUT2D eigenvalue weighted by atomic mass is 15.1. The van der Waals surface area contributed by atoms with E-state index in [1.54, 1.807) is 0 Å². The van der Waals surface area contributed by atoms with E-state index in [1.165, 1.54) is 23.1 Å². The SMILES string of the molecule is CCc1ccc(CNC2CCNC2c2ccccc2)cc1. The molecule has 2 heteroatoms. The van der Waals surface area contributed by atoms with E-state index in [0.717, 1.165) is 19.5 Å². The molecule has 1 aliphatic heterocycles. The van der Waals surface area contributed by atoms with Gasteiger partial charge in [-0.3, -0.25) is 0 Å². The summed E-state index contributed by atoms with van der Waals surface area (Å²) in [6.07, 6.45) is 2.29. The van der Waals surface area contributed by atoms with Crippen LogP contribution in [0.4, 0.5) is 0 Å². The van der Waals surface area contributed by atoms with Gasteiger partial charge in [-0.05, 0) is 36.1 Å². The molecule has 2 aromatic carbocycles. The molecule has 0 amide bonds. The van der Waals surface area contributed by atoms with Gasteiger partial charge in [-0.1, -0.05) is 61.5 Å². The fourth-order valence-electron chi connectivity index (χ4n) is 3.08. The van der Waals surface area contributed by atoms with Gasteiger partial charge in [0, 0.05) is 18.6 Å². The summed E-state index contributed by atoms with van der Waals surface area (Å²) in [6, 6.07) is 20.7. The summed E-state index contributed by atoms with van der Waals surface area (Å²) in [6.45, 7) is 4.23. The van der Waals surface area contributed by atoms with E-state index in [9.17, 15) is 0 Å². The lowest BCUT2D eigenvalue weighted by atomic mass is 10.0. The molecular formula is C19H24N2. The number of nitrogens with one attached hydrogen (secondary N) is 2. The fourth-order valence-corrected chi connectivity index (χ4v) is 3.08. The highest BCUT2D eigenvalue weighted by Crippen LogP contribution is 2.23. The minimum absolute atomic E-state index is 0.432. The van der Waals surface area contributed by atoms with Crippen molar-refractivity contribution in [2.24, 2.45) is 0 Å². The number of rotatable bonds is 5. The van der Waals surface area contributed by atoms with Crippen molar-refractivity contribution < 1.29 is 0 Å². The molecule has 1 aliphatic rings. The van der Waals surface area contributed by atoms with Crippen molar-refractivity contribution in [3.8, 4) is 0 Å². The van der Waals surface area contributed by atoms with Crippen molar-refractivity contribution in [1.29, 1.82) is 0 Å². The molecule has 0 spiro atoms. The molecular weight excluding hydrogens is 256 g/mol.